The molecule has 0 spiro atoms. The first-order chi connectivity index (χ1) is 6.65. The van der Waals surface area contributed by atoms with Gasteiger partial charge in [-0.2, -0.15) is 4.99 Å². The highest BCUT2D eigenvalue weighted by Gasteiger charge is 2.05. The lowest BCUT2D eigenvalue weighted by atomic mass is 10.2. The molecule has 0 saturated heterocycles. The maximum atomic E-state index is 10.3. The number of aliphatic imine (C=N–C) groups is 1. The van der Waals surface area contributed by atoms with Gasteiger partial charge < -0.3 is 5.73 Å². The highest BCUT2D eigenvalue weighted by molar-refractivity contribution is 6.00. The Balaban J connectivity index is 2.99. The minimum absolute atomic E-state index is 0.0346. The van der Waals surface area contributed by atoms with E-state index in [2.05, 4.69) is 4.99 Å². The summed E-state index contributed by atoms with van der Waals surface area (Å²) in [6.45, 7) is 0. The number of amidine groups is 1. The van der Waals surface area contributed by atoms with Gasteiger partial charge in [-0.15, -0.1) is 0 Å². The Labute approximate surface area is 79.2 Å². The van der Waals surface area contributed by atoms with Crippen LogP contribution in [-0.4, -0.2) is 17.2 Å². The molecule has 0 atom stereocenters. The van der Waals surface area contributed by atoms with Gasteiger partial charge in [-0.05, 0) is 12.1 Å². The van der Waals surface area contributed by atoms with Crippen LogP contribution in [0.5, 0.6) is 0 Å². The van der Waals surface area contributed by atoms with Gasteiger partial charge in [0.05, 0.1) is 4.92 Å². The number of nitrogens with zero attached hydrogens (tertiary/aromatic N) is 2. The van der Waals surface area contributed by atoms with E-state index in [1.54, 1.807) is 0 Å². The maximum absolute atomic E-state index is 10.3. The van der Waals surface area contributed by atoms with Crippen LogP contribution in [0.4, 0.5) is 5.69 Å². The van der Waals surface area contributed by atoms with Gasteiger partial charge in [0.2, 0.25) is 6.41 Å². The summed E-state index contributed by atoms with van der Waals surface area (Å²) in [6, 6.07) is 5.45. The number of hydrogen-bond acceptors (Lipinski definition) is 3. The van der Waals surface area contributed by atoms with Crippen molar-refractivity contribution in [2.75, 3.05) is 0 Å². The van der Waals surface area contributed by atoms with Gasteiger partial charge >= 0.3 is 0 Å². The molecule has 0 aromatic heterocycles. The Hall–Kier alpha value is -2.24. The molecule has 0 heterocycles. The lowest BCUT2D eigenvalue weighted by Crippen LogP contribution is -2.13. The van der Waals surface area contributed by atoms with E-state index in [9.17, 15) is 14.9 Å². The van der Waals surface area contributed by atoms with Crippen molar-refractivity contribution in [2.45, 2.75) is 0 Å². The Morgan fingerprint density at radius 3 is 2.43 bits per heavy atom. The number of nitrogens with two attached hydrogens (primary N) is 1. The van der Waals surface area contributed by atoms with Crippen LogP contribution >= 0.6 is 0 Å². The second-order valence-electron chi connectivity index (χ2n) is 2.42. The average Bonchev–Trinajstić information content (AvgIpc) is 2.18. The fourth-order valence-corrected chi connectivity index (χ4v) is 0.885. The first kappa shape index (κ1) is 9.85. The predicted molar refractivity (Wildman–Crippen MR) is 49.9 cm³/mol. The van der Waals surface area contributed by atoms with Gasteiger partial charge in [0.15, 0.2) is 0 Å². The SMILES string of the molecule is NC(=NC=O)c1ccc([N+](=O)[O-])cc1. The second-order valence-corrected chi connectivity index (χ2v) is 2.42. The van der Waals surface area contributed by atoms with Crippen molar-refractivity contribution in [1.29, 1.82) is 0 Å². The molecule has 1 aromatic carbocycles. The molecule has 0 saturated carbocycles. The van der Waals surface area contributed by atoms with Crippen LogP contribution in [0, 0.1) is 10.1 Å². The summed E-state index contributed by atoms with van der Waals surface area (Å²) in [4.78, 5) is 23.1. The summed E-state index contributed by atoms with van der Waals surface area (Å²) in [6.07, 6.45) is 0.316. The molecular formula is C8H7N3O3. The third kappa shape index (κ3) is 2.13. The van der Waals surface area contributed by atoms with Crippen LogP contribution in [-0.2, 0) is 4.79 Å². The van der Waals surface area contributed by atoms with Gasteiger partial charge in [0.1, 0.15) is 5.84 Å². The van der Waals surface area contributed by atoms with Crippen LogP contribution in [0.3, 0.4) is 0 Å². The van der Waals surface area contributed by atoms with Crippen molar-refractivity contribution in [3.8, 4) is 0 Å². The molecule has 0 aliphatic rings. The molecular weight excluding hydrogens is 186 g/mol. The monoisotopic (exact) mass is 193 g/mol. The van der Waals surface area contributed by atoms with Crippen molar-refractivity contribution >= 4 is 17.9 Å². The van der Waals surface area contributed by atoms with Crippen LogP contribution in [0.25, 0.3) is 0 Å². The van der Waals surface area contributed by atoms with Crippen molar-refractivity contribution in [3.63, 3.8) is 0 Å². The van der Waals surface area contributed by atoms with Crippen molar-refractivity contribution in [2.24, 2.45) is 10.7 Å². The third-order valence-electron chi connectivity index (χ3n) is 1.57. The van der Waals surface area contributed by atoms with Gasteiger partial charge in [-0.25, -0.2) is 0 Å². The summed E-state index contributed by atoms with van der Waals surface area (Å²) >= 11 is 0. The number of carbonyl (C=O) groups excluding carboxylic acids is 1. The first-order valence-electron chi connectivity index (χ1n) is 3.67. The van der Waals surface area contributed by atoms with Gasteiger partial charge in [-0.3, -0.25) is 14.9 Å². The van der Waals surface area contributed by atoms with Gasteiger partial charge in [0.25, 0.3) is 5.69 Å². The van der Waals surface area contributed by atoms with E-state index < -0.39 is 4.92 Å². The van der Waals surface area contributed by atoms with Crippen LogP contribution < -0.4 is 5.73 Å². The van der Waals surface area contributed by atoms with E-state index in [1.165, 1.54) is 24.3 Å². The van der Waals surface area contributed by atoms with E-state index in [4.69, 9.17) is 5.73 Å². The topological polar surface area (TPSA) is 98.6 Å². The number of nitro benzene ring substituents is 1. The van der Waals surface area contributed by atoms with E-state index >= 15 is 0 Å². The molecule has 6 nitrogen and oxygen atoms in total. The summed E-state index contributed by atoms with van der Waals surface area (Å²) in [7, 11) is 0. The second kappa shape index (κ2) is 4.13. The van der Waals surface area contributed by atoms with E-state index in [-0.39, 0.29) is 11.5 Å². The molecule has 2 N–H and O–H groups in total. The van der Waals surface area contributed by atoms with Gasteiger partial charge in [0, 0.05) is 17.7 Å². The number of rotatable bonds is 3. The van der Waals surface area contributed by atoms with Gasteiger partial charge in [-0.1, -0.05) is 0 Å². The molecule has 0 aliphatic heterocycles. The lowest BCUT2D eigenvalue weighted by Gasteiger charge is -1.97. The van der Waals surface area contributed by atoms with E-state index in [0.29, 0.717) is 12.0 Å². The molecule has 1 amide bonds. The van der Waals surface area contributed by atoms with E-state index in [0.717, 1.165) is 0 Å². The van der Waals surface area contributed by atoms with E-state index in [1.807, 2.05) is 0 Å². The molecule has 0 radical (unpaired) electrons. The number of hydrogen-bond donors (Lipinski definition) is 1. The Morgan fingerprint density at radius 1 is 1.43 bits per heavy atom. The number of carbonyl (C=O) groups is 1. The lowest BCUT2D eigenvalue weighted by molar-refractivity contribution is -0.384. The number of non-ortho nitro benzene ring substituents is 1. The largest absolute Gasteiger partial charge is 0.383 e. The molecule has 72 valence electrons. The van der Waals surface area contributed by atoms with Crippen molar-refractivity contribution < 1.29 is 9.72 Å². The Kier molecular flexibility index (Phi) is 2.90. The van der Waals surface area contributed by atoms with Crippen LogP contribution in [0.15, 0.2) is 29.3 Å². The highest BCUT2D eigenvalue weighted by Crippen LogP contribution is 2.11. The standard InChI is InChI=1S/C8H7N3O3/c9-8(10-5-12)6-1-3-7(4-2-6)11(13)14/h1-5H,(H2,9,10,12). The van der Waals surface area contributed by atoms with Crippen LogP contribution in [0.1, 0.15) is 5.56 Å². The maximum Gasteiger partial charge on any atom is 0.269 e. The van der Waals surface area contributed by atoms with Crippen LogP contribution in [0.2, 0.25) is 0 Å². The zero-order valence-electron chi connectivity index (χ0n) is 7.08. The Morgan fingerprint density at radius 2 is 2.00 bits per heavy atom. The molecule has 0 bridgehead atoms. The summed E-state index contributed by atoms with van der Waals surface area (Å²) in [5.74, 6) is 0.0369. The smallest absolute Gasteiger partial charge is 0.269 e. The average molecular weight is 193 g/mol. The normalized spacial score (nSPS) is 11.0. The predicted octanol–water partition coefficient (Wildman–Crippen LogP) is 0.456. The minimum atomic E-state index is -0.517. The molecule has 1 rings (SSSR count). The fraction of sp³-hybridized carbons (Fsp3) is 0. The first-order valence-corrected chi connectivity index (χ1v) is 3.67. The number of nitro groups is 1. The Bertz CT molecular complexity index is 383. The number of amides is 1. The minimum Gasteiger partial charge on any atom is -0.383 e. The zero-order chi connectivity index (χ0) is 10.6. The molecule has 1 aromatic rings. The fourth-order valence-electron chi connectivity index (χ4n) is 0.885. The molecule has 14 heavy (non-hydrogen) atoms. The molecule has 6 heteroatoms. The quantitative estimate of drug-likeness (QED) is 0.248. The highest BCUT2D eigenvalue weighted by atomic mass is 16.6. The summed E-state index contributed by atoms with van der Waals surface area (Å²) in [5, 5.41) is 10.3. The molecule has 0 aliphatic carbocycles. The number of benzene rings is 1. The zero-order valence-corrected chi connectivity index (χ0v) is 7.08. The van der Waals surface area contributed by atoms with Crippen molar-refractivity contribution in [1.82, 2.24) is 0 Å². The van der Waals surface area contributed by atoms with Crippen molar-refractivity contribution in [3.05, 3.63) is 39.9 Å². The summed E-state index contributed by atoms with van der Waals surface area (Å²) < 4.78 is 0. The molecule has 0 unspecified atom stereocenters. The summed E-state index contributed by atoms with van der Waals surface area (Å²) in [5.41, 5.74) is 5.82. The molecule has 0 fully saturated rings. The third-order valence-corrected chi connectivity index (χ3v) is 1.57.